The number of ether oxygens (including phenoxy) is 1. The minimum absolute atomic E-state index is 0.256. The van der Waals surface area contributed by atoms with Gasteiger partial charge in [0.25, 0.3) is 5.56 Å². The second-order valence-corrected chi connectivity index (χ2v) is 5.00. The lowest BCUT2D eigenvalue weighted by Crippen LogP contribution is -2.25. The highest BCUT2D eigenvalue weighted by Gasteiger charge is 2.21. The Morgan fingerprint density at radius 1 is 1.26 bits per heavy atom. The molecule has 3 rings (SSSR count). The van der Waals surface area contributed by atoms with E-state index in [9.17, 15) is 14.7 Å². The monoisotopic (exact) mass is 310 g/mol. The number of benzene rings is 1. The molecule has 6 nitrogen and oxygen atoms in total. The largest absolute Gasteiger partial charge is 0.506 e. The Kier molecular flexibility index (Phi) is 3.57. The van der Waals surface area contributed by atoms with Crippen LogP contribution in [0.1, 0.15) is 17.3 Å². The number of aromatic hydroxyl groups is 1. The number of hydrogen-bond donors (Lipinski definition) is 1. The standard InChI is InChI=1S/C17H14N2O4/c1-10(20)14-15(21)13-7-4-8-18-16(13)19(17(14)22)11-5-3-6-12(9-11)23-2/h3-9,21H,1-2H3. The number of aromatic nitrogens is 2. The minimum atomic E-state index is -0.616. The molecule has 0 atom stereocenters. The van der Waals surface area contributed by atoms with E-state index in [4.69, 9.17) is 4.74 Å². The fourth-order valence-corrected chi connectivity index (χ4v) is 2.51. The molecule has 0 aliphatic carbocycles. The molecule has 0 aliphatic heterocycles. The summed E-state index contributed by atoms with van der Waals surface area (Å²) in [5.74, 6) is -0.282. The van der Waals surface area contributed by atoms with Gasteiger partial charge in [0.15, 0.2) is 11.4 Å². The van der Waals surface area contributed by atoms with Crippen LogP contribution in [0.3, 0.4) is 0 Å². The molecule has 2 aromatic heterocycles. The zero-order valence-corrected chi connectivity index (χ0v) is 12.6. The Balaban J connectivity index is 2.49. The van der Waals surface area contributed by atoms with E-state index in [0.717, 1.165) is 0 Å². The van der Waals surface area contributed by atoms with Crippen molar-refractivity contribution in [1.82, 2.24) is 9.55 Å². The molecule has 0 spiro atoms. The van der Waals surface area contributed by atoms with Crippen molar-refractivity contribution in [3.63, 3.8) is 0 Å². The third kappa shape index (κ3) is 2.34. The van der Waals surface area contributed by atoms with Crippen molar-refractivity contribution >= 4 is 16.8 Å². The van der Waals surface area contributed by atoms with Gasteiger partial charge in [0, 0.05) is 12.3 Å². The van der Waals surface area contributed by atoms with E-state index in [1.54, 1.807) is 36.4 Å². The number of hydrogen-bond acceptors (Lipinski definition) is 5. The number of pyridine rings is 2. The normalized spacial score (nSPS) is 10.7. The molecule has 0 bridgehead atoms. The molecular weight excluding hydrogens is 296 g/mol. The summed E-state index contributed by atoms with van der Waals surface area (Å²) in [5, 5.41) is 10.6. The maximum Gasteiger partial charge on any atom is 0.271 e. The SMILES string of the molecule is COc1cccc(-n2c(=O)c(C(C)=O)c(O)c3cccnc32)c1. The molecule has 0 fully saturated rings. The van der Waals surface area contributed by atoms with E-state index in [0.29, 0.717) is 16.8 Å². The van der Waals surface area contributed by atoms with E-state index < -0.39 is 11.3 Å². The van der Waals surface area contributed by atoms with Crippen LogP contribution in [0, 0.1) is 0 Å². The number of carbonyl (C=O) groups is 1. The first kappa shape index (κ1) is 14.8. The molecule has 2 heterocycles. The third-order valence-corrected chi connectivity index (χ3v) is 3.57. The lowest BCUT2D eigenvalue weighted by molar-refractivity contribution is 0.101. The zero-order chi connectivity index (χ0) is 16.6. The molecular formula is C17H14N2O4. The fraction of sp³-hybridized carbons (Fsp3) is 0.118. The predicted octanol–water partition coefficient (Wildman–Crippen LogP) is 2.30. The summed E-state index contributed by atoms with van der Waals surface area (Å²) in [6.07, 6.45) is 1.52. The van der Waals surface area contributed by atoms with E-state index >= 15 is 0 Å². The Morgan fingerprint density at radius 2 is 2.04 bits per heavy atom. The smallest absolute Gasteiger partial charge is 0.271 e. The van der Waals surface area contributed by atoms with Gasteiger partial charge in [-0.15, -0.1) is 0 Å². The van der Waals surface area contributed by atoms with E-state index in [2.05, 4.69) is 4.98 Å². The number of methoxy groups -OCH3 is 1. The summed E-state index contributed by atoms with van der Waals surface area (Å²) in [6, 6.07) is 10.1. The molecule has 0 aliphatic rings. The van der Waals surface area contributed by atoms with Gasteiger partial charge in [-0.1, -0.05) is 6.07 Å². The first-order valence-electron chi connectivity index (χ1n) is 6.92. The highest BCUT2D eigenvalue weighted by atomic mass is 16.5. The molecule has 0 radical (unpaired) electrons. The molecule has 23 heavy (non-hydrogen) atoms. The quantitative estimate of drug-likeness (QED) is 0.751. The van der Waals surface area contributed by atoms with Gasteiger partial charge in [-0.25, -0.2) is 4.98 Å². The van der Waals surface area contributed by atoms with Crippen LogP contribution in [-0.2, 0) is 0 Å². The van der Waals surface area contributed by atoms with Crippen molar-refractivity contribution in [3.8, 4) is 17.2 Å². The maximum atomic E-state index is 12.7. The summed E-state index contributed by atoms with van der Waals surface area (Å²) in [7, 11) is 1.52. The average molecular weight is 310 g/mol. The number of Topliss-reactive ketones (excluding diaryl/α,β-unsaturated/α-hetero) is 1. The van der Waals surface area contributed by atoms with Crippen molar-refractivity contribution in [3.05, 3.63) is 58.5 Å². The average Bonchev–Trinajstić information content (AvgIpc) is 2.55. The minimum Gasteiger partial charge on any atom is -0.506 e. The number of fused-ring (bicyclic) bond motifs is 1. The van der Waals surface area contributed by atoms with Crippen LogP contribution in [0.4, 0.5) is 0 Å². The number of ketones is 1. The summed E-state index contributed by atoms with van der Waals surface area (Å²) >= 11 is 0. The van der Waals surface area contributed by atoms with Crippen molar-refractivity contribution in [2.24, 2.45) is 0 Å². The molecule has 3 aromatic rings. The van der Waals surface area contributed by atoms with Gasteiger partial charge in [0.1, 0.15) is 17.1 Å². The number of carbonyl (C=O) groups excluding carboxylic acids is 1. The van der Waals surface area contributed by atoms with Gasteiger partial charge >= 0.3 is 0 Å². The van der Waals surface area contributed by atoms with Gasteiger partial charge in [0.2, 0.25) is 0 Å². The molecule has 1 aromatic carbocycles. The van der Waals surface area contributed by atoms with Crippen molar-refractivity contribution < 1.29 is 14.6 Å². The Morgan fingerprint density at radius 3 is 2.74 bits per heavy atom. The summed E-state index contributed by atoms with van der Waals surface area (Å²) < 4.78 is 6.48. The van der Waals surface area contributed by atoms with Crippen molar-refractivity contribution in [2.45, 2.75) is 6.92 Å². The van der Waals surface area contributed by atoms with Gasteiger partial charge in [-0.3, -0.25) is 14.2 Å². The van der Waals surface area contributed by atoms with Crippen molar-refractivity contribution in [2.75, 3.05) is 7.11 Å². The predicted molar refractivity (Wildman–Crippen MR) is 85.6 cm³/mol. The molecule has 0 amide bonds. The summed E-state index contributed by atoms with van der Waals surface area (Å²) in [4.78, 5) is 28.8. The molecule has 116 valence electrons. The molecule has 6 heteroatoms. The zero-order valence-electron chi connectivity index (χ0n) is 12.6. The molecule has 0 unspecified atom stereocenters. The van der Waals surface area contributed by atoms with Crippen LogP contribution in [0.25, 0.3) is 16.7 Å². The summed E-state index contributed by atoms with van der Waals surface area (Å²) in [5.41, 5.74) is -0.100. The van der Waals surface area contributed by atoms with Gasteiger partial charge in [0.05, 0.1) is 18.2 Å². The van der Waals surface area contributed by atoms with Crippen LogP contribution in [0.2, 0.25) is 0 Å². The van der Waals surface area contributed by atoms with Crippen LogP contribution in [0.15, 0.2) is 47.4 Å². The van der Waals surface area contributed by atoms with E-state index in [1.807, 2.05) is 0 Å². The highest BCUT2D eigenvalue weighted by molar-refractivity contribution is 6.01. The van der Waals surface area contributed by atoms with Gasteiger partial charge < -0.3 is 9.84 Å². The Hall–Kier alpha value is -3.15. The van der Waals surface area contributed by atoms with Crippen LogP contribution >= 0.6 is 0 Å². The topological polar surface area (TPSA) is 81.4 Å². The van der Waals surface area contributed by atoms with Crippen LogP contribution < -0.4 is 10.3 Å². The van der Waals surface area contributed by atoms with Gasteiger partial charge in [-0.2, -0.15) is 0 Å². The second kappa shape index (κ2) is 5.57. The molecule has 1 N–H and O–H groups in total. The highest BCUT2D eigenvalue weighted by Crippen LogP contribution is 2.27. The number of rotatable bonds is 3. The summed E-state index contributed by atoms with van der Waals surface area (Å²) in [6.45, 7) is 1.24. The molecule has 0 saturated heterocycles. The van der Waals surface area contributed by atoms with Crippen LogP contribution in [0.5, 0.6) is 11.5 Å². The third-order valence-electron chi connectivity index (χ3n) is 3.57. The van der Waals surface area contributed by atoms with Crippen LogP contribution in [-0.4, -0.2) is 27.6 Å². The second-order valence-electron chi connectivity index (χ2n) is 5.00. The first-order chi connectivity index (χ1) is 11.0. The fourth-order valence-electron chi connectivity index (χ4n) is 2.51. The molecule has 0 saturated carbocycles. The van der Waals surface area contributed by atoms with Gasteiger partial charge in [-0.05, 0) is 31.2 Å². The van der Waals surface area contributed by atoms with Crippen molar-refractivity contribution in [1.29, 1.82) is 0 Å². The Labute approximate surface area is 131 Å². The first-order valence-corrected chi connectivity index (χ1v) is 6.92. The maximum absolute atomic E-state index is 12.7. The lowest BCUT2D eigenvalue weighted by Gasteiger charge is -2.13. The van der Waals surface area contributed by atoms with E-state index in [-0.39, 0.29) is 17.0 Å². The Bertz CT molecular complexity index is 976. The number of nitrogens with zero attached hydrogens (tertiary/aromatic N) is 2. The lowest BCUT2D eigenvalue weighted by atomic mass is 10.1. The van der Waals surface area contributed by atoms with E-state index in [1.165, 1.54) is 24.8 Å².